The van der Waals surface area contributed by atoms with E-state index in [2.05, 4.69) is 26.4 Å². The van der Waals surface area contributed by atoms with Gasteiger partial charge in [0.2, 0.25) is 0 Å². The fourth-order valence-corrected chi connectivity index (χ4v) is 4.44. The van der Waals surface area contributed by atoms with E-state index < -0.39 is 0 Å². The summed E-state index contributed by atoms with van der Waals surface area (Å²) in [6.45, 7) is 2.03. The molecule has 3 heterocycles. The number of rotatable bonds is 6. The number of aryl methyl sites for hydroxylation is 1. The predicted molar refractivity (Wildman–Crippen MR) is 130 cm³/mol. The number of nitrogens with one attached hydrogen (secondary N) is 1. The van der Waals surface area contributed by atoms with Crippen molar-refractivity contribution in [2.24, 2.45) is 10.7 Å². The summed E-state index contributed by atoms with van der Waals surface area (Å²) < 4.78 is 1.86. The van der Waals surface area contributed by atoms with Gasteiger partial charge in [0.15, 0.2) is 0 Å². The Morgan fingerprint density at radius 2 is 1.94 bits per heavy atom. The Hall–Kier alpha value is -3.94. The van der Waals surface area contributed by atoms with E-state index in [0.29, 0.717) is 11.9 Å². The topological polar surface area (TPSA) is 114 Å². The van der Waals surface area contributed by atoms with Crippen LogP contribution in [0.25, 0.3) is 16.6 Å². The molecule has 1 aliphatic rings. The number of anilines is 1. The number of benzene rings is 1. The molecule has 168 valence electrons. The van der Waals surface area contributed by atoms with Gasteiger partial charge in [-0.25, -0.2) is 19.5 Å². The van der Waals surface area contributed by atoms with E-state index in [1.165, 1.54) is 19.2 Å². The summed E-state index contributed by atoms with van der Waals surface area (Å²) in [7, 11) is 0. The molecule has 33 heavy (non-hydrogen) atoms. The highest BCUT2D eigenvalue weighted by Crippen LogP contribution is 2.32. The van der Waals surface area contributed by atoms with Crippen LogP contribution >= 0.6 is 0 Å². The van der Waals surface area contributed by atoms with Crippen LogP contribution < -0.4 is 11.1 Å². The number of amidine groups is 1. The molecule has 0 bridgehead atoms. The molecule has 5 rings (SSSR count). The van der Waals surface area contributed by atoms with Crippen LogP contribution in [-0.2, 0) is 6.42 Å². The molecule has 0 unspecified atom stereocenters. The quantitative estimate of drug-likeness (QED) is 0.301. The molecular weight excluding hydrogens is 414 g/mol. The summed E-state index contributed by atoms with van der Waals surface area (Å²) in [5.74, 6) is 0.610. The number of phenols is 1. The summed E-state index contributed by atoms with van der Waals surface area (Å²) in [5, 5.41) is 18.2. The molecule has 0 aliphatic heterocycles. The Balaban J connectivity index is 1.62. The Morgan fingerprint density at radius 3 is 2.70 bits per heavy atom. The van der Waals surface area contributed by atoms with E-state index >= 15 is 0 Å². The maximum Gasteiger partial charge on any atom is 0.135 e. The summed E-state index contributed by atoms with van der Waals surface area (Å²) in [6.07, 6.45) is 14.3. The summed E-state index contributed by atoms with van der Waals surface area (Å²) >= 11 is 0. The average molecular weight is 442 g/mol. The minimum absolute atomic E-state index is 0.224. The molecule has 0 atom stereocenters. The SMILES string of the molecule is CCc1cc(O)ccc1N=C(N)c1cnn2cc(-c3cncnc3)cc2c1NC1CCCC1. The Bertz CT molecular complexity index is 1310. The lowest BCUT2D eigenvalue weighted by atomic mass is 10.1. The van der Waals surface area contributed by atoms with Crippen molar-refractivity contribution in [2.45, 2.75) is 45.1 Å². The highest BCUT2D eigenvalue weighted by atomic mass is 16.3. The fraction of sp³-hybridized carbons (Fsp3) is 0.280. The molecule has 4 aromatic rings. The zero-order valence-electron chi connectivity index (χ0n) is 18.6. The molecule has 1 aromatic carbocycles. The number of aromatic hydroxyl groups is 1. The lowest BCUT2D eigenvalue weighted by Gasteiger charge is -2.18. The lowest BCUT2D eigenvalue weighted by Crippen LogP contribution is -2.22. The van der Waals surface area contributed by atoms with Crippen LogP contribution in [0.15, 0.2) is 60.4 Å². The van der Waals surface area contributed by atoms with Gasteiger partial charge in [0.25, 0.3) is 0 Å². The van der Waals surface area contributed by atoms with E-state index in [1.54, 1.807) is 36.8 Å². The van der Waals surface area contributed by atoms with Gasteiger partial charge in [0.1, 0.15) is 17.9 Å². The van der Waals surface area contributed by atoms with Gasteiger partial charge < -0.3 is 16.2 Å². The Labute approximate surface area is 192 Å². The predicted octanol–water partition coefficient (Wildman–Crippen LogP) is 4.45. The number of fused-ring (bicyclic) bond motifs is 1. The van der Waals surface area contributed by atoms with Crippen molar-refractivity contribution < 1.29 is 5.11 Å². The monoisotopic (exact) mass is 441 g/mol. The second-order valence-electron chi connectivity index (χ2n) is 8.41. The molecular formula is C25H27N7O. The molecule has 3 aromatic heterocycles. The molecule has 0 radical (unpaired) electrons. The van der Waals surface area contributed by atoms with Crippen molar-refractivity contribution in [3.8, 4) is 16.9 Å². The molecule has 8 nitrogen and oxygen atoms in total. The third-order valence-corrected chi connectivity index (χ3v) is 6.20. The van der Waals surface area contributed by atoms with Gasteiger partial charge in [-0.15, -0.1) is 0 Å². The van der Waals surface area contributed by atoms with Gasteiger partial charge in [-0.1, -0.05) is 19.8 Å². The normalized spacial score (nSPS) is 14.8. The van der Waals surface area contributed by atoms with E-state index in [9.17, 15) is 5.11 Å². The first-order valence-corrected chi connectivity index (χ1v) is 11.3. The van der Waals surface area contributed by atoms with Crippen molar-refractivity contribution >= 4 is 22.7 Å². The first-order chi connectivity index (χ1) is 16.1. The maximum atomic E-state index is 9.83. The number of nitrogens with two attached hydrogens (primary N) is 1. The van der Waals surface area contributed by atoms with Gasteiger partial charge in [-0.2, -0.15) is 5.10 Å². The van der Waals surface area contributed by atoms with Crippen LogP contribution in [0.4, 0.5) is 11.4 Å². The van der Waals surface area contributed by atoms with Crippen LogP contribution in [0.1, 0.15) is 43.7 Å². The number of hydrogen-bond acceptors (Lipinski definition) is 6. The maximum absolute atomic E-state index is 9.83. The van der Waals surface area contributed by atoms with Crippen molar-refractivity contribution in [3.05, 3.63) is 66.5 Å². The number of aliphatic imine (C=N–C) groups is 1. The van der Waals surface area contributed by atoms with Gasteiger partial charge in [-0.3, -0.25) is 0 Å². The fourth-order valence-electron chi connectivity index (χ4n) is 4.44. The standard InChI is InChI=1S/C25H27N7O/c1-2-16-9-20(33)7-8-22(16)31-25(26)21-13-29-32-14-17(18-11-27-15-28-12-18)10-23(32)24(21)30-19-5-3-4-6-19/h7-15,19,30,33H,2-6H2,1H3,(H2,26,31). The minimum Gasteiger partial charge on any atom is -0.508 e. The number of hydrogen-bond donors (Lipinski definition) is 3. The smallest absolute Gasteiger partial charge is 0.135 e. The third kappa shape index (κ3) is 4.24. The van der Waals surface area contributed by atoms with E-state index in [0.717, 1.165) is 58.4 Å². The molecule has 0 amide bonds. The van der Waals surface area contributed by atoms with E-state index in [1.807, 2.05) is 17.6 Å². The van der Waals surface area contributed by atoms with Crippen LogP contribution in [0, 0.1) is 0 Å². The minimum atomic E-state index is 0.224. The first kappa shape index (κ1) is 20.9. The molecule has 0 saturated heterocycles. The average Bonchev–Trinajstić information content (AvgIpc) is 3.51. The lowest BCUT2D eigenvalue weighted by molar-refractivity contribution is 0.474. The molecule has 0 spiro atoms. The molecule has 1 fully saturated rings. The highest BCUT2D eigenvalue weighted by Gasteiger charge is 2.21. The number of aromatic nitrogens is 4. The Kier molecular flexibility index (Phi) is 5.64. The van der Waals surface area contributed by atoms with Crippen molar-refractivity contribution in [1.82, 2.24) is 19.6 Å². The van der Waals surface area contributed by atoms with Crippen LogP contribution in [0.2, 0.25) is 0 Å². The van der Waals surface area contributed by atoms with Crippen molar-refractivity contribution in [3.63, 3.8) is 0 Å². The molecule has 8 heteroatoms. The van der Waals surface area contributed by atoms with E-state index in [4.69, 9.17) is 10.7 Å². The van der Waals surface area contributed by atoms with Crippen molar-refractivity contribution in [1.29, 1.82) is 0 Å². The van der Waals surface area contributed by atoms with Crippen LogP contribution in [0.5, 0.6) is 5.75 Å². The summed E-state index contributed by atoms with van der Waals surface area (Å²) in [6, 6.07) is 7.62. The van der Waals surface area contributed by atoms with E-state index in [-0.39, 0.29) is 5.75 Å². The highest BCUT2D eigenvalue weighted by molar-refractivity contribution is 6.06. The van der Waals surface area contributed by atoms with Crippen molar-refractivity contribution in [2.75, 3.05) is 5.32 Å². The molecule has 1 saturated carbocycles. The summed E-state index contributed by atoms with van der Waals surface area (Å²) in [5.41, 5.74) is 12.8. The molecule has 4 N–H and O–H groups in total. The van der Waals surface area contributed by atoms with Gasteiger partial charge in [0, 0.05) is 35.8 Å². The van der Waals surface area contributed by atoms with Gasteiger partial charge >= 0.3 is 0 Å². The Morgan fingerprint density at radius 1 is 1.15 bits per heavy atom. The largest absolute Gasteiger partial charge is 0.508 e. The van der Waals surface area contributed by atoms with Gasteiger partial charge in [-0.05, 0) is 49.1 Å². The van der Waals surface area contributed by atoms with Crippen LogP contribution in [0.3, 0.4) is 0 Å². The number of phenolic OH excluding ortho intramolecular Hbond substituents is 1. The van der Waals surface area contributed by atoms with Crippen LogP contribution in [-0.4, -0.2) is 36.6 Å². The molecule has 1 aliphatic carbocycles. The second kappa shape index (κ2) is 8.90. The number of nitrogens with zero attached hydrogens (tertiary/aromatic N) is 5. The van der Waals surface area contributed by atoms with Gasteiger partial charge in [0.05, 0.1) is 28.7 Å². The first-order valence-electron chi connectivity index (χ1n) is 11.3. The zero-order chi connectivity index (χ0) is 22.8. The second-order valence-corrected chi connectivity index (χ2v) is 8.41. The summed E-state index contributed by atoms with van der Waals surface area (Å²) in [4.78, 5) is 13.0. The zero-order valence-corrected chi connectivity index (χ0v) is 18.6. The third-order valence-electron chi connectivity index (χ3n) is 6.20.